The second-order valence-corrected chi connectivity index (χ2v) is 6.39. The number of carbonyl (C=O) groups is 1. The van der Waals surface area contributed by atoms with E-state index < -0.39 is 0 Å². The Labute approximate surface area is 112 Å². The summed E-state index contributed by atoms with van der Waals surface area (Å²) >= 11 is 1.64. The van der Waals surface area contributed by atoms with Crippen molar-refractivity contribution in [3.8, 4) is 0 Å². The zero-order valence-electron chi connectivity index (χ0n) is 10.6. The average Bonchev–Trinajstić information content (AvgIpc) is 3.10. The highest BCUT2D eigenvalue weighted by molar-refractivity contribution is 8.00. The van der Waals surface area contributed by atoms with Crippen LogP contribution in [0.15, 0.2) is 23.1 Å². The molecule has 1 aromatic rings. The molecule has 1 aliphatic heterocycles. The molecule has 1 amide bonds. The zero-order chi connectivity index (χ0) is 12.6. The standard InChI is InChI=1S/C14H18N2OS/c1-15-9-14(4-5-14)7-10-2-3-11-12(6-10)18-8-13(17)16-11/h2-3,6,15H,4-5,7-9H2,1H3,(H,16,17). The third-order valence-electron chi connectivity index (χ3n) is 3.77. The van der Waals surface area contributed by atoms with E-state index in [0.29, 0.717) is 11.2 Å². The minimum absolute atomic E-state index is 0.106. The molecule has 0 saturated heterocycles. The highest BCUT2D eigenvalue weighted by Crippen LogP contribution is 2.48. The fourth-order valence-corrected chi connectivity index (χ4v) is 3.50. The van der Waals surface area contributed by atoms with Gasteiger partial charge in [-0.15, -0.1) is 11.8 Å². The van der Waals surface area contributed by atoms with E-state index >= 15 is 0 Å². The smallest absolute Gasteiger partial charge is 0.234 e. The van der Waals surface area contributed by atoms with Crippen LogP contribution in [0.5, 0.6) is 0 Å². The van der Waals surface area contributed by atoms with Gasteiger partial charge in [0.05, 0.1) is 11.4 Å². The molecule has 2 N–H and O–H groups in total. The first-order chi connectivity index (χ1) is 8.71. The largest absolute Gasteiger partial charge is 0.324 e. The van der Waals surface area contributed by atoms with Crippen LogP contribution >= 0.6 is 11.8 Å². The van der Waals surface area contributed by atoms with Crippen LogP contribution in [-0.2, 0) is 11.2 Å². The second-order valence-electron chi connectivity index (χ2n) is 5.37. The van der Waals surface area contributed by atoms with E-state index in [0.717, 1.165) is 18.7 Å². The SMILES string of the molecule is CNCC1(Cc2ccc3c(c2)SCC(=O)N3)CC1. The molecule has 4 heteroatoms. The lowest BCUT2D eigenvalue weighted by atomic mass is 9.96. The zero-order valence-corrected chi connectivity index (χ0v) is 11.4. The number of benzene rings is 1. The van der Waals surface area contributed by atoms with Gasteiger partial charge < -0.3 is 10.6 Å². The summed E-state index contributed by atoms with van der Waals surface area (Å²) in [7, 11) is 2.03. The van der Waals surface area contributed by atoms with Gasteiger partial charge in [0.15, 0.2) is 0 Å². The van der Waals surface area contributed by atoms with Crippen LogP contribution in [0.1, 0.15) is 18.4 Å². The van der Waals surface area contributed by atoms with E-state index in [1.807, 2.05) is 13.1 Å². The Morgan fingerprint density at radius 1 is 1.44 bits per heavy atom. The molecule has 1 aliphatic carbocycles. The van der Waals surface area contributed by atoms with Crippen molar-refractivity contribution in [2.45, 2.75) is 24.2 Å². The fourth-order valence-electron chi connectivity index (χ4n) is 2.63. The van der Waals surface area contributed by atoms with E-state index in [2.05, 4.69) is 22.8 Å². The van der Waals surface area contributed by atoms with Crippen LogP contribution in [0, 0.1) is 5.41 Å². The molecule has 0 atom stereocenters. The lowest BCUT2D eigenvalue weighted by molar-refractivity contribution is -0.113. The number of hydrogen-bond acceptors (Lipinski definition) is 3. The van der Waals surface area contributed by atoms with Crippen molar-refractivity contribution >= 4 is 23.4 Å². The molecule has 18 heavy (non-hydrogen) atoms. The van der Waals surface area contributed by atoms with E-state index in [4.69, 9.17) is 0 Å². The Bertz CT molecular complexity index is 483. The summed E-state index contributed by atoms with van der Waals surface area (Å²) in [6, 6.07) is 6.44. The first-order valence-electron chi connectivity index (χ1n) is 6.41. The number of fused-ring (bicyclic) bond motifs is 1. The van der Waals surface area contributed by atoms with E-state index in [1.54, 1.807) is 11.8 Å². The first-order valence-corrected chi connectivity index (χ1v) is 7.40. The van der Waals surface area contributed by atoms with Gasteiger partial charge in [0.2, 0.25) is 5.91 Å². The summed E-state index contributed by atoms with van der Waals surface area (Å²) in [5.74, 6) is 0.645. The third-order valence-corrected chi connectivity index (χ3v) is 4.82. The molecule has 96 valence electrons. The second kappa shape index (κ2) is 4.59. The fraction of sp³-hybridized carbons (Fsp3) is 0.500. The van der Waals surface area contributed by atoms with Crippen molar-refractivity contribution in [1.82, 2.24) is 5.32 Å². The minimum Gasteiger partial charge on any atom is -0.324 e. The Morgan fingerprint density at radius 3 is 3.00 bits per heavy atom. The minimum atomic E-state index is 0.106. The van der Waals surface area contributed by atoms with Crippen LogP contribution in [0.3, 0.4) is 0 Å². The monoisotopic (exact) mass is 262 g/mol. The van der Waals surface area contributed by atoms with Gasteiger partial charge >= 0.3 is 0 Å². The van der Waals surface area contributed by atoms with Crippen LogP contribution in [0.2, 0.25) is 0 Å². The van der Waals surface area contributed by atoms with E-state index in [1.165, 1.54) is 23.3 Å². The first kappa shape index (κ1) is 12.1. The van der Waals surface area contributed by atoms with E-state index in [9.17, 15) is 4.79 Å². The predicted molar refractivity (Wildman–Crippen MR) is 75.1 cm³/mol. The maximum Gasteiger partial charge on any atom is 0.234 e. The van der Waals surface area contributed by atoms with Gasteiger partial charge in [-0.1, -0.05) is 6.07 Å². The lowest BCUT2D eigenvalue weighted by Gasteiger charge is -2.19. The Balaban J connectivity index is 1.76. The maximum absolute atomic E-state index is 11.3. The molecular weight excluding hydrogens is 244 g/mol. The number of rotatable bonds is 4. The molecule has 0 bridgehead atoms. The number of hydrogen-bond donors (Lipinski definition) is 2. The topological polar surface area (TPSA) is 41.1 Å². The van der Waals surface area contributed by atoms with Gasteiger partial charge in [0, 0.05) is 11.4 Å². The summed E-state index contributed by atoms with van der Waals surface area (Å²) < 4.78 is 0. The molecule has 0 unspecified atom stereocenters. The number of nitrogens with one attached hydrogen (secondary N) is 2. The summed E-state index contributed by atoms with van der Waals surface area (Å²) in [6.45, 7) is 1.11. The molecule has 1 aromatic carbocycles. The molecule has 0 aromatic heterocycles. The Morgan fingerprint density at radius 2 is 2.28 bits per heavy atom. The van der Waals surface area contributed by atoms with Gasteiger partial charge in [-0.05, 0) is 49.4 Å². The van der Waals surface area contributed by atoms with Gasteiger partial charge in [-0.2, -0.15) is 0 Å². The molecule has 1 heterocycles. The van der Waals surface area contributed by atoms with Crippen molar-refractivity contribution in [2.24, 2.45) is 5.41 Å². The number of thioether (sulfide) groups is 1. The normalized spacial score (nSPS) is 20.2. The highest BCUT2D eigenvalue weighted by Gasteiger charge is 2.41. The van der Waals surface area contributed by atoms with Crippen LogP contribution < -0.4 is 10.6 Å². The number of amides is 1. The maximum atomic E-state index is 11.3. The molecule has 3 nitrogen and oxygen atoms in total. The van der Waals surface area contributed by atoms with Gasteiger partial charge in [0.25, 0.3) is 0 Å². The molecule has 0 radical (unpaired) electrons. The van der Waals surface area contributed by atoms with Crippen molar-refractivity contribution in [3.63, 3.8) is 0 Å². The van der Waals surface area contributed by atoms with Crippen LogP contribution in [0.4, 0.5) is 5.69 Å². The predicted octanol–water partition coefficient (Wildman–Crippen LogP) is 2.27. The van der Waals surface area contributed by atoms with Crippen LogP contribution in [0.25, 0.3) is 0 Å². The van der Waals surface area contributed by atoms with Gasteiger partial charge in [0.1, 0.15) is 0 Å². The van der Waals surface area contributed by atoms with Gasteiger partial charge in [-0.3, -0.25) is 4.79 Å². The molecular formula is C14H18N2OS. The van der Waals surface area contributed by atoms with Crippen molar-refractivity contribution in [2.75, 3.05) is 24.7 Å². The quantitative estimate of drug-likeness (QED) is 0.874. The van der Waals surface area contributed by atoms with Crippen molar-refractivity contribution in [3.05, 3.63) is 23.8 Å². The van der Waals surface area contributed by atoms with Gasteiger partial charge in [-0.25, -0.2) is 0 Å². The third kappa shape index (κ3) is 2.40. The highest BCUT2D eigenvalue weighted by atomic mass is 32.2. The number of carbonyl (C=O) groups excluding carboxylic acids is 1. The molecule has 3 rings (SSSR count). The van der Waals surface area contributed by atoms with Crippen LogP contribution in [-0.4, -0.2) is 25.3 Å². The Kier molecular flexibility index (Phi) is 3.08. The summed E-state index contributed by atoms with van der Waals surface area (Å²) in [5.41, 5.74) is 2.86. The molecule has 2 aliphatic rings. The summed E-state index contributed by atoms with van der Waals surface area (Å²) in [4.78, 5) is 12.5. The summed E-state index contributed by atoms with van der Waals surface area (Å²) in [5, 5.41) is 6.22. The number of anilines is 1. The lowest BCUT2D eigenvalue weighted by Crippen LogP contribution is -2.22. The molecule has 1 fully saturated rings. The summed E-state index contributed by atoms with van der Waals surface area (Å²) in [6.07, 6.45) is 3.80. The average molecular weight is 262 g/mol. The molecule has 0 spiro atoms. The molecule has 1 saturated carbocycles. The van der Waals surface area contributed by atoms with Crippen molar-refractivity contribution < 1.29 is 4.79 Å². The van der Waals surface area contributed by atoms with E-state index in [-0.39, 0.29) is 5.91 Å². The van der Waals surface area contributed by atoms with Crippen molar-refractivity contribution in [1.29, 1.82) is 0 Å². The Hall–Kier alpha value is -1.00.